The SMILES string of the molecule is C[C@H](C(=O)N[C@H]1CCCC[C@H]1O)n1c(-c2cccs2)n[nH]c1=S. The van der Waals surface area contributed by atoms with Crippen LogP contribution in [-0.2, 0) is 4.79 Å². The zero-order chi connectivity index (χ0) is 16.4. The van der Waals surface area contributed by atoms with Gasteiger partial charge in [-0.25, -0.2) is 0 Å². The van der Waals surface area contributed by atoms with Crippen LogP contribution < -0.4 is 5.32 Å². The van der Waals surface area contributed by atoms with Gasteiger partial charge in [-0.2, -0.15) is 5.10 Å². The summed E-state index contributed by atoms with van der Waals surface area (Å²) >= 11 is 6.84. The van der Waals surface area contributed by atoms with Gasteiger partial charge in [-0.1, -0.05) is 18.9 Å². The first-order chi connectivity index (χ1) is 11.1. The molecule has 0 radical (unpaired) electrons. The number of aliphatic hydroxyl groups is 1. The van der Waals surface area contributed by atoms with E-state index >= 15 is 0 Å². The van der Waals surface area contributed by atoms with Crippen LogP contribution in [0.4, 0.5) is 0 Å². The lowest BCUT2D eigenvalue weighted by atomic mass is 9.92. The van der Waals surface area contributed by atoms with Gasteiger partial charge in [0.05, 0.1) is 17.0 Å². The number of carbonyl (C=O) groups excluding carboxylic acids is 1. The number of amides is 1. The van der Waals surface area contributed by atoms with Crippen LogP contribution in [0.5, 0.6) is 0 Å². The van der Waals surface area contributed by atoms with Gasteiger partial charge in [0.1, 0.15) is 6.04 Å². The van der Waals surface area contributed by atoms with E-state index in [4.69, 9.17) is 12.2 Å². The molecule has 1 saturated carbocycles. The van der Waals surface area contributed by atoms with Gasteiger partial charge in [-0.15, -0.1) is 11.3 Å². The molecule has 2 aromatic rings. The minimum absolute atomic E-state index is 0.147. The highest BCUT2D eigenvalue weighted by Crippen LogP contribution is 2.26. The zero-order valence-electron chi connectivity index (χ0n) is 12.9. The fraction of sp³-hybridized carbons (Fsp3) is 0.533. The molecular weight excluding hydrogens is 332 g/mol. The highest BCUT2D eigenvalue weighted by Gasteiger charge is 2.28. The van der Waals surface area contributed by atoms with Crippen molar-refractivity contribution in [2.45, 2.75) is 50.8 Å². The Balaban J connectivity index is 1.80. The van der Waals surface area contributed by atoms with E-state index in [-0.39, 0.29) is 11.9 Å². The smallest absolute Gasteiger partial charge is 0.243 e. The second-order valence-corrected chi connectivity index (χ2v) is 7.18. The van der Waals surface area contributed by atoms with Crippen LogP contribution in [0.25, 0.3) is 10.7 Å². The summed E-state index contributed by atoms with van der Waals surface area (Å²) in [6, 6.07) is 3.21. The first-order valence-corrected chi connectivity index (χ1v) is 9.06. The monoisotopic (exact) mass is 352 g/mol. The molecule has 0 unspecified atom stereocenters. The molecule has 0 aromatic carbocycles. The molecule has 3 N–H and O–H groups in total. The van der Waals surface area contributed by atoms with E-state index in [9.17, 15) is 9.90 Å². The van der Waals surface area contributed by atoms with Crippen molar-refractivity contribution in [1.82, 2.24) is 20.1 Å². The minimum Gasteiger partial charge on any atom is -0.391 e. The Morgan fingerprint density at radius 1 is 1.57 bits per heavy atom. The number of rotatable bonds is 4. The number of hydrogen-bond acceptors (Lipinski definition) is 5. The van der Waals surface area contributed by atoms with Crippen molar-refractivity contribution in [1.29, 1.82) is 0 Å². The van der Waals surface area contributed by atoms with E-state index in [1.54, 1.807) is 22.8 Å². The molecule has 0 aliphatic heterocycles. The summed E-state index contributed by atoms with van der Waals surface area (Å²) in [5, 5.41) is 22.0. The predicted molar refractivity (Wildman–Crippen MR) is 91.8 cm³/mol. The van der Waals surface area contributed by atoms with Crippen LogP contribution >= 0.6 is 23.6 Å². The van der Waals surface area contributed by atoms with Gasteiger partial charge in [-0.05, 0) is 43.4 Å². The molecule has 3 rings (SSSR count). The molecule has 3 atom stereocenters. The molecule has 0 spiro atoms. The summed E-state index contributed by atoms with van der Waals surface area (Å²) in [5.74, 6) is 0.517. The lowest BCUT2D eigenvalue weighted by molar-refractivity contribution is -0.125. The summed E-state index contributed by atoms with van der Waals surface area (Å²) in [6.07, 6.45) is 3.13. The highest BCUT2D eigenvalue weighted by molar-refractivity contribution is 7.71. The molecule has 0 bridgehead atoms. The first-order valence-electron chi connectivity index (χ1n) is 7.77. The van der Waals surface area contributed by atoms with Crippen LogP contribution in [0.15, 0.2) is 17.5 Å². The Morgan fingerprint density at radius 3 is 3.04 bits per heavy atom. The average molecular weight is 352 g/mol. The fourth-order valence-corrected chi connectivity index (χ4v) is 3.94. The number of H-pyrrole nitrogens is 1. The lowest BCUT2D eigenvalue weighted by Gasteiger charge is -2.29. The number of aliphatic hydroxyl groups excluding tert-OH is 1. The average Bonchev–Trinajstić information content (AvgIpc) is 3.18. The van der Waals surface area contributed by atoms with Gasteiger partial charge in [0, 0.05) is 0 Å². The molecule has 1 amide bonds. The standard InChI is InChI=1S/C15H20N4O2S2/c1-9(14(21)16-10-5-2-3-6-11(10)20)19-13(17-18-15(19)22)12-7-4-8-23-12/h4,7-11,20H,2-3,5-6H2,1H3,(H,16,21)(H,18,22)/t9-,10+,11-/m1/s1. The van der Waals surface area contributed by atoms with E-state index < -0.39 is 12.1 Å². The van der Waals surface area contributed by atoms with Crippen molar-refractivity contribution >= 4 is 29.5 Å². The summed E-state index contributed by atoms with van der Waals surface area (Å²) < 4.78 is 2.14. The number of carbonyl (C=O) groups is 1. The summed E-state index contributed by atoms with van der Waals surface area (Å²) in [7, 11) is 0. The van der Waals surface area contributed by atoms with Crippen molar-refractivity contribution in [2.24, 2.45) is 0 Å². The lowest BCUT2D eigenvalue weighted by Crippen LogP contribution is -2.47. The van der Waals surface area contributed by atoms with Crippen molar-refractivity contribution in [3.8, 4) is 10.7 Å². The van der Waals surface area contributed by atoms with E-state index in [1.807, 2.05) is 17.5 Å². The number of thiophene rings is 1. The van der Waals surface area contributed by atoms with Crippen LogP contribution in [0.2, 0.25) is 0 Å². The molecular formula is C15H20N4O2S2. The largest absolute Gasteiger partial charge is 0.391 e. The topological polar surface area (TPSA) is 82.9 Å². The Hall–Kier alpha value is -1.51. The molecule has 6 nitrogen and oxygen atoms in total. The van der Waals surface area contributed by atoms with E-state index in [2.05, 4.69) is 15.5 Å². The third kappa shape index (κ3) is 3.39. The van der Waals surface area contributed by atoms with Gasteiger partial charge in [-0.3, -0.25) is 14.5 Å². The van der Waals surface area contributed by atoms with Gasteiger partial charge < -0.3 is 10.4 Å². The maximum Gasteiger partial charge on any atom is 0.243 e. The van der Waals surface area contributed by atoms with E-state index in [0.29, 0.717) is 10.6 Å². The first kappa shape index (κ1) is 16.4. The quantitative estimate of drug-likeness (QED) is 0.739. The number of nitrogens with one attached hydrogen (secondary N) is 2. The molecule has 1 aliphatic rings. The third-order valence-electron chi connectivity index (χ3n) is 4.27. The number of aromatic amines is 1. The molecule has 1 fully saturated rings. The van der Waals surface area contributed by atoms with Crippen molar-refractivity contribution in [3.05, 3.63) is 22.3 Å². The molecule has 1 aliphatic carbocycles. The maximum absolute atomic E-state index is 12.6. The van der Waals surface area contributed by atoms with Crippen molar-refractivity contribution < 1.29 is 9.90 Å². The molecule has 8 heteroatoms. The molecule has 23 heavy (non-hydrogen) atoms. The van der Waals surface area contributed by atoms with E-state index in [0.717, 1.165) is 30.6 Å². The third-order valence-corrected chi connectivity index (χ3v) is 5.42. The Morgan fingerprint density at radius 2 is 2.35 bits per heavy atom. The van der Waals surface area contributed by atoms with Crippen molar-refractivity contribution in [3.63, 3.8) is 0 Å². The van der Waals surface area contributed by atoms with Gasteiger partial charge in [0.15, 0.2) is 10.6 Å². The van der Waals surface area contributed by atoms with Gasteiger partial charge in [0.25, 0.3) is 0 Å². The maximum atomic E-state index is 12.6. The summed E-state index contributed by atoms with van der Waals surface area (Å²) in [5.41, 5.74) is 0. The van der Waals surface area contributed by atoms with Crippen LogP contribution in [0, 0.1) is 4.77 Å². The summed E-state index contributed by atoms with van der Waals surface area (Å²) in [6.45, 7) is 1.80. The van der Waals surface area contributed by atoms with Crippen LogP contribution in [0.3, 0.4) is 0 Å². The molecule has 124 valence electrons. The normalized spacial score (nSPS) is 22.7. The minimum atomic E-state index is -0.493. The molecule has 0 saturated heterocycles. The Kier molecular flexibility index (Phi) is 4.93. The number of aromatic nitrogens is 3. The number of hydrogen-bond donors (Lipinski definition) is 3. The second-order valence-electron chi connectivity index (χ2n) is 5.84. The summed E-state index contributed by atoms with van der Waals surface area (Å²) in [4.78, 5) is 13.6. The Bertz CT molecular complexity index is 722. The van der Waals surface area contributed by atoms with Gasteiger partial charge in [0.2, 0.25) is 5.91 Å². The van der Waals surface area contributed by atoms with Gasteiger partial charge >= 0.3 is 0 Å². The molecule has 2 aromatic heterocycles. The fourth-order valence-electron chi connectivity index (χ4n) is 2.94. The predicted octanol–water partition coefficient (Wildman–Crippen LogP) is 2.65. The molecule has 2 heterocycles. The van der Waals surface area contributed by atoms with Crippen molar-refractivity contribution in [2.75, 3.05) is 0 Å². The van der Waals surface area contributed by atoms with Crippen LogP contribution in [-0.4, -0.2) is 37.9 Å². The second kappa shape index (κ2) is 6.94. The highest BCUT2D eigenvalue weighted by atomic mass is 32.1. The van der Waals surface area contributed by atoms with E-state index in [1.165, 1.54) is 0 Å². The number of nitrogens with zero attached hydrogens (tertiary/aromatic N) is 2. The van der Waals surface area contributed by atoms with Crippen LogP contribution in [0.1, 0.15) is 38.6 Å². The zero-order valence-corrected chi connectivity index (χ0v) is 14.5. The Labute approximate surface area is 143 Å².